The lowest BCUT2D eigenvalue weighted by Gasteiger charge is -2.07. The molecule has 0 aliphatic heterocycles. The van der Waals surface area contributed by atoms with Crippen molar-refractivity contribution in [1.82, 2.24) is 19.6 Å². The van der Waals surface area contributed by atoms with Gasteiger partial charge in [-0.2, -0.15) is 10.2 Å². The molecule has 2 heterocycles. The SMILES string of the molecule is Cc1nn(CC(=O)Nc2c(C)nn(C)c2C)c(C)c1N. The Hall–Kier alpha value is -2.31. The lowest BCUT2D eigenvalue weighted by atomic mass is 10.3. The highest BCUT2D eigenvalue weighted by Gasteiger charge is 2.15. The molecule has 0 atom stereocenters. The van der Waals surface area contributed by atoms with Crippen LogP contribution in [0.5, 0.6) is 0 Å². The van der Waals surface area contributed by atoms with E-state index in [0.717, 1.165) is 28.5 Å². The Balaban J connectivity index is 2.15. The van der Waals surface area contributed by atoms with Crippen molar-refractivity contribution in [2.24, 2.45) is 7.05 Å². The van der Waals surface area contributed by atoms with Gasteiger partial charge >= 0.3 is 0 Å². The molecule has 0 radical (unpaired) electrons. The van der Waals surface area contributed by atoms with Gasteiger partial charge in [-0.25, -0.2) is 0 Å². The summed E-state index contributed by atoms with van der Waals surface area (Å²) in [7, 11) is 1.85. The van der Waals surface area contributed by atoms with Gasteiger partial charge in [-0.15, -0.1) is 0 Å². The highest BCUT2D eigenvalue weighted by atomic mass is 16.2. The van der Waals surface area contributed by atoms with E-state index in [9.17, 15) is 4.79 Å². The summed E-state index contributed by atoms with van der Waals surface area (Å²) in [5.41, 5.74) is 10.5. The first-order chi connectivity index (χ1) is 9.31. The van der Waals surface area contributed by atoms with Crippen LogP contribution < -0.4 is 11.1 Å². The quantitative estimate of drug-likeness (QED) is 0.877. The van der Waals surface area contributed by atoms with E-state index in [0.29, 0.717) is 5.69 Å². The maximum absolute atomic E-state index is 12.1. The first kappa shape index (κ1) is 14.1. The summed E-state index contributed by atoms with van der Waals surface area (Å²) in [4.78, 5) is 12.1. The number of amides is 1. The van der Waals surface area contributed by atoms with Gasteiger partial charge in [0.1, 0.15) is 6.54 Å². The zero-order valence-corrected chi connectivity index (χ0v) is 12.5. The predicted molar refractivity (Wildman–Crippen MR) is 77.4 cm³/mol. The van der Waals surface area contributed by atoms with Crippen LogP contribution in [-0.4, -0.2) is 25.5 Å². The number of carbonyl (C=O) groups is 1. The molecule has 3 N–H and O–H groups in total. The first-order valence-corrected chi connectivity index (χ1v) is 6.40. The van der Waals surface area contributed by atoms with Crippen LogP contribution in [0, 0.1) is 27.7 Å². The molecule has 7 nitrogen and oxygen atoms in total. The van der Waals surface area contributed by atoms with Crippen molar-refractivity contribution >= 4 is 17.3 Å². The van der Waals surface area contributed by atoms with E-state index in [2.05, 4.69) is 15.5 Å². The number of carbonyl (C=O) groups excluding carboxylic acids is 1. The molecule has 2 aromatic rings. The number of aryl methyl sites for hydroxylation is 3. The molecule has 0 unspecified atom stereocenters. The van der Waals surface area contributed by atoms with Crippen LogP contribution in [0.15, 0.2) is 0 Å². The van der Waals surface area contributed by atoms with Crippen LogP contribution in [-0.2, 0) is 18.4 Å². The van der Waals surface area contributed by atoms with Crippen LogP contribution in [0.1, 0.15) is 22.8 Å². The largest absolute Gasteiger partial charge is 0.396 e. The van der Waals surface area contributed by atoms with E-state index in [1.807, 2.05) is 34.7 Å². The molecule has 0 saturated carbocycles. The van der Waals surface area contributed by atoms with Gasteiger partial charge < -0.3 is 11.1 Å². The number of rotatable bonds is 3. The normalized spacial score (nSPS) is 10.8. The molecule has 7 heteroatoms. The zero-order chi connectivity index (χ0) is 15.0. The van der Waals surface area contributed by atoms with Crippen LogP contribution in [0.25, 0.3) is 0 Å². The van der Waals surface area contributed by atoms with Gasteiger partial charge in [-0.3, -0.25) is 14.2 Å². The summed E-state index contributed by atoms with van der Waals surface area (Å²) in [5.74, 6) is -0.144. The standard InChI is InChI=1S/C13H20N6O/c1-7-12(14)9(3)19(17-7)6-11(20)15-13-8(2)16-18(5)10(13)4/h6,14H2,1-5H3,(H,15,20). The molecular weight excluding hydrogens is 256 g/mol. The van der Waals surface area contributed by atoms with Crippen molar-refractivity contribution in [2.75, 3.05) is 11.1 Å². The third kappa shape index (κ3) is 2.38. The molecule has 0 aliphatic rings. The number of anilines is 2. The van der Waals surface area contributed by atoms with E-state index < -0.39 is 0 Å². The molecule has 2 rings (SSSR count). The Labute approximate surface area is 117 Å². The van der Waals surface area contributed by atoms with E-state index in [1.54, 1.807) is 9.36 Å². The van der Waals surface area contributed by atoms with Crippen molar-refractivity contribution in [3.63, 3.8) is 0 Å². The molecule has 0 saturated heterocycles. The third-order valence-electron chi connectivity index (χ3n) is 3.50. The topological polar surface area (TPSA) is 90.8 Å². The predicted octanol–water partition coefficient (Wildman–Crippen LogP) is 1.07. The second-order valence-corrected chi connectivity index (χ2v) is 4.96. The molecular formula is C13H20N6O. The molecule has 20 heavy (non-hydrogen) atoms. The lowest BCUT2D eigenvalue weighted by molar-refractivity contribution is -0.116. The highest BCUT2D eigenvalue weighted by Crippen LogP contribution is 2.19. The number of nitrogen functional groups attached to an aromatic ring is 1. The van der Waals surface area contributed by atoms with Crippen molar-refractivity contribution in [3.8, 4) is 0 Å². The molecule has 0 spiro atoms. The van der Waals surface area contributed by atoms with Gasteiger partial charge in [-0.1, -0.05) is 0 Å². The average Bonchev–Trinajstić information content (AvgIpc) is 2.75. The average molecular weight is 276 g/mol. The summed E-state index contributed by atoms with van der Waals surface area (Å²) < 4.78 is 3.35. The van der Waals surface area contributed by atoms with Gasteiger partial charge in [0.25, 0.3) is 0 Å². The summed E-state index contributed by atoms with van der Waals surface area (Å²) in [6, 6.07) is 0. The number of hydrogen-bond acceptors (Lipinski definition) is 4. The van der Waals surface area contributed by atoms with Crippen LogP contribution in [0.2, 0.25) is 0 Å². The number of nitrogens with zero attached hydrogens (tertiary/aromatic N) is 4. The summed E-state index contributed by atoms with van der Waals surface area (Å²) >= 11 is 0. The molecule has 108 valence electrons. The Bertz CT molecular complexity index is 667. The summed E-state index contributed by atoms with van der Waals surface area (Å²) in [5, 5.41) is 11.4. The van der Waals surface area contributed by atoms with Gasteiger partial charge in [0.15, 0.2) is 0 Å². The fourth-order valence-corrected chi connectivity index (χ4v) is 2.13. The molecule has 1 amide bonds. The van der Waals surface area contributed by atoms with Gasteiger partial charge in [0, 0.05) is 7.05 Å². The van der Waals surface area contributed by atoms with Crippen LogP contribution in [0.4, 0.5) is 11.4 Å². The Morgan fingerprint density at radius 2 is 1.80 bits per heavy atom. The minimum absolute atomic E-state index is 0.137. The van der Waals surface area contributed by atoms with Crippen molar-refractivity contribution in [2.45, 2.75) is 34.2 Å². The number of nitrogens with one attached hydrogen (secondary N) is 1. The fourth-order valence-electron chi connectivity index (χ4n) is 2.13. The number of hydrogen-bond donors (Lipinski definition) is 2. The second kappa shape index (κ2) is 4.99. The summed E-state index contributed by atoms with van der Waals surface area (Å²) in [6.45, 7) is 7.59. The monoisotopic (exact) mass is 276 g/mol. The molecule has 0 bridgehead atoms. The zero-order valence-electron chi connectivity index (χ0n) is 12.5. The smallest absolute Gasteiger partial charge is 0.246 e. The second-order valence-electron chi connectivity index (χ2n) is 4.96. The number of nitrogens with two attached hydrogens (primary N) is 1. The molecule has 2 aromatic heterocycles. The molecule has 0 aromatic carbocycles. The Kier molecular flexibility index (Phi) is 3.52. The highest BCUT2D eigenvalue weighted by molar-refractivity contribution is 5.91. The van der Waals surface area contributed by atoms with Crippen molar-refractivity contribution in [1.29, 1.82) is 0 Å². The number of aromatic nitrogens is 4. The maximum Gasteiger partial charge on any atom is 0.246 e. The first-order valence-electron chi connectivity index (χ1n) is 6.40. The van der Waals surface area contributed by atoms with Crippen molar-refractivity contribution < 1.29 is 4.79 Å². The van der Waals surface area contributed by atoms with E-state index in [-0.39, 0.29) is 12.5 Å². The summed E-state index contributed by atoms with van der Waals surface area (Å²) in [6.07, 6.45) is 0. The maximum atomic E-state index is 12.1. The Morgan fingerprint density at radius 3 is 2.25 bits per heavy atom. The van der Waals surface area contributed by atoms with Crippen molar-refractivity contribution in [3.05, 3.63) is 22.8 Å². The lowest BCUT2D eigenvalue weighted by Crippen LogP contribution is -2.21. The van der Waals surface area contributed by atoms with E-state index >= 15 is 0 Å². The fraction of sp³-hybridized carbons (Fsp3) is 0.462. The Morgan fingerprint density at radius 1 is 1.15 bits per heavy atom. The van der Waals surface area contributed by atoms with Gasteiger partial charge in [0.05, 0.1) is 34.2 Å². The minimum atomic E-state index is -0.144. The van der Waals surface area contributed by atoms with E-state index in [4.69, 9.17) is 5.73 Å². The third-order valence-corrected chi connectivity index (χ3v) is 3.50. The van der Waals surface area contributed by atoms with Crippen LogP contribution in [0.3, 0.4) is 0 Å². The molecule has 0 fully saturated rings. The minimum Gasteiger partial charge on any atom is -0.396 e. The van der Waals surface area contributed by atoms with E-state index in [1.165, 1.54) is 0 Å². The van der Waals surface area contributed by atoms with Gasteiger partial charge in [-0.05, 0) is 27.7 Å². The van der Waals surface area contributed by atoms with Gasteiger partial charge in [0.2, 0.25) is 5.91 Å². The van der Waals surface area contributed by atoms with Crippen LogP contribution >= 0.6 is 0 Å². The molecule has 0 aliphatic carbocycles.